The molecule has 1 aliphatic rings. The van der Waals surface area contributed by atoms with Crippen LogP contribution in [0.4, 0.5) is 10.5 Å². The lowest BCUT2D eigenvalue weighted by Gasteiger charge is -2.36. The number of urea groups is 1. The van der Waals surface area contributed by atoms with Crippen LogP contribution >= 0.6 is 0 Å². The topological polar surface area (TPSA) is 93.1 Å². The Morgan fingerprint density at radius 3 is 2.55 bits per heavy atom. The van der Waals surface area contributed by atoms with Gasteiger partial charge in [-0.2, -0.15) is 0 Å². The maximum Gasteiger partial charge on any atom is 0.317 e. The monoisotopic (exact) mass is 307 g/mol. The first kappa shape index (κ1) is 15.9. The van der Waals surface area contributed by atoms with E-state index in [1.807, 2.05) is 6.07 Å². The van der Waals surface area contributed by atoms with Gasteiger partial charge in [-0.05, 0) is 18.6 Å². The van der Waals surface area contributed by atoms with Crippen molar-refractivity contribution in [1.82, 2.24) is 10.2 Å². The van der Waals surface area contributed by atoms with Crippen LogP contribution in [-0.4, -0.2) is 59.8 Å². The number of hydrogen-bond acceptors (Lipinski definition) is 4. The van der Waals surface area contributed by atoms with Crippen molar-refractivity contribution in [1.29, 1.82) is 0 Å². The number of amides is 2. The summed E-state index contributed by atoms with van der Waals surface area (Å²) in [6.45, 7) is 2.97. The van der Waals surface area contributed by atoms with Gasteiger partial charge in [0.25, 0.3) is 0 Å². The Labute approximate surface area is 129 Å². The molecule has 1 saturated heterocycles. The number of anilines is 1. The number of carboxylic acid groups (broad SMARTS) is 1. The molecule has 0 radical (unpaired) electrons. The van der Waals surface area contributed by atoms with Crippen LogP contribution in [0.3, 0.4) is 0 Å². The molecule has 0 spiro atoms. The molecule has 0 bridgehead atoms. The highest BCUT2D eigenvalue weighted by molar-refractivity contribution is 5.74. The average Bonchev–Trinajstić information content (AvgIpc) is 2.51. The van der Waals surface area contributed by atoms with Crippen LogP contribution in [0.15, 0.2) is 24.3 Å². The van der Waals surface area contributed by atoms with Crippen molar-refractivity contribution in [2.45, 2.75) is 12.8 Å². The molecule has 1 aliphatic heterocycles. The largest absolute Gasteiger partial charge is 0.508 e. The summed E-state index contributed by atoms with van der Waals surface area (Å²) < 4.78 is 0. The Morgan fingerprint density at radius 1 is 1.18 bits per heavy atom. The third-order valence-electron chi connectivity index (χ3n) is 3.61. The third kappa shape index (κ3) is 4.54. The van der Waals surface area contributed by atoms with E-state index in [1.165, 1.54) is 0 Å². The molecule has 1 aromatic carbocycles. The van der Waals surface area contributed by atoms with Crippen molar-refractivity contribution in [2.75, 3.05) is 37.6 Å². The van der Waals surface area contributed by atoms with Gasteiger partial charge in [0.15, 0.2) is 0 Å². The van der Waals surface area contributed by atoms with Gasteiger partial charge in [-0.15, -0.1) is 0 Å². The van der Waals surface area contributed by atoms with Gasteiger partial charge >= 0.3 is 12.0 Å². The molecule has 1 fully saturated rings. The molecule has 0 aromatic heterocycles. The zero-order valence-corrected chi connectivity index (χ0v) is 12.4. The molecule has 7 heteroatoms. The molecule has 1 aromatic rings. The summed E-state index contributed by atoms with van der Waals surface area (Å²) >= 11 is 0. The highest BCUT2D eigenvalue weighted by Crippen LogP contribution is 2.21. The van der Waals surface area contributed by atoms with Crippen LogP contribution in [0.5, 0.6) is 5.75 Å². The van der Waals surface area contributed by atoms with Crippen LogP contribution in [0.25, 0.3) is 0 Å². The van der Waals surface area contributed by atoms with Crippen molar-refractivity contribution >= 4 is 17.7 Å². The molecule has 2 rings (SSSR count). The lowest BCUT2D eigenvalue weighted by molar-refractivity contribution is -0.137. The van der Waals surface area contributed by atoms with Gasteiger partial charge in [0, 0.05) is 50.9 Å². The SMILES string of the molecule is O=C(O)CCCNC(=O)N1CCN(c2cccc(O)c2)CC1. The number of nitrogens with zero attached hydrogens (tertiary/aromatic N) is 2. The summed E-state index contributed by atoms with van der Waals surface area (Å²) in [4.78, 5) is 26.2. The molecular formula is C15H21N3O4. The van der Waals surface area contributed by atoms with E-state index >= 15 is 0 Å². The van der Waals surface area contributed by atoms with Crippen molar-refractivity contribution < 1.29 is 19.8 Å². The van der Waals surface area contributed by atoms with Crippen molar-refractivity contribution in [3.05, 3.63) is 24.3 Å². The highest BCUT2D eigenvalue weighted by Gasteiger charge is 2.21. The quantitative estimate of drug-likeness (QED) is 0.708. The molecule has 120 valence electrons. The van der Waals surface area contributed by atoms with E-state index in [-0.39, 0.29) is 18.2 Å². The normalized spacial score (nSPS) is 14.7. The number of hydrogen-bond donors (Lipinski definition) is 3. The van der Waals surface area contributed by atoms with Crippen LogP contribution < -0.4 is 10.2 Å². The van der Waals surface area contributed by atoms with E-state index in [0.29, 0.717) is 39.1 Å². The van der Waals surface area contributed by atoms with Gasteiger partial charge in [0.2, 0.25) is 0 Å². The number of carboxylic acids is 1. The minimum absolute atomic E-state index is 0.0611. The van der Waals surface area contributed by atoms with Crippen molar-refractivity contribution in [2.24, 2.45) is 0 Å². The van der Waals surface area contributed by atoms with Gasteiger partial charge < -0.3 is 25.3 Å². The summed E-state index contributed by atoms with van der Waals surface area (Å²) in [6.07, 6.45) is 0.496. The summed E-state index contributed by atoms with van der Waals surface area (Å²) in [5.41, 5.74) is 0.946. The van der Waals surface area contributed by atoms with Gasteiger partial charge in [0.05, 0.1) is 0 Å². The van der Waals surface area contributed by atoms with Gasteiger partial charge in [0.1, 0.15) is 5.75 Å². The third-order valence-corrected chi connectivity index (χ3v) is 3.61. The maximum atomic E-state index is 11.9. The number of aromatic hydroxyl groups is 1. The fourth-order valence-electron chi connectivity index (χ4n) is 2.40. The van der Waals surface area contributed by atoms with E-state index in [1.54, 1.807) is 23.1 Å². The van der Waals surface area contributed by atoms with Crippen LogP contribution in [-0.2, 0) is 4.79 Å². The molecule has 22 heavy (non-hydrogen) atoms. The first-order valence-corrected chi connectivity index (χ1v) is 7.35. The Bertz CT molecular complexity index is 527. The molecule has 0 saturated carbocycles. The van der Waals surface area contributed by atoms with Gasteiger partial charge in [-0.1, -0.05) is 6.07 Å². The number of benzene rings is 1. The Balaban J connectivity index is 1.74. The van der Waals surface area contributed by atoms with E-state index in [9.17, 15) is 14.7 Å². The number of phenolic OH excluding ortho intramolecular Hbond substituents is 1. The average molecular weight is 307 g/mol. The second kappa shape index (κ2) is 7.53. The molecule has 2 amide bonds. The predicted molar refractivity (Wildman–Crippen MR) is 82.2 cm³/mol. The van der Waals surface area contributed by atoms with E-state index < -0.39 is 5.97 Å². The van der Waals surface area contributed by atoms with Crippen molar-refractivity contribution in [3.63, 3.8) is 0 Å². The molecule has 0 aliphatic carbocycles. The molecule has 1 heterocycles. The number of nitrogens with one attached hydrogen (secondary N) is 1. The summed E-state index contributed by atoms with van der Waals surface area (Å²) in [6, 6.07) is 6.92. The summed E-state index contributed by atoms with van der Waals surface area (Å²) in [7, 11) is 0. The standard InChI is InChI=1S/C15H21N3O4/c19-13-4-1-3-12(11-13)17-7-9-18(10-8-17)15(22)16-6-2-5-14(20)21/h1,3-4,11,19H,2,5-10H2,(H,16,22)(H,20,21). The fraction of sp³-hybridized carbons (Fsp3) is 0.467. The number of piperazine rings is 1. The predicted octanol–water partition coefficient (Wildman–Crippen LogP) is 1.09. The zero-order chi connectivity index (χ0) is 15.9. The molecular weight excluding hydrogens is 286 g/mol. The lowest BCUT2D eigenvalue weighted by Crippen LogP contribution is -2.52. The lowest BCUT2D eigenvalue weighted by atomic mass is 10.2. The van der Waals surface area contributed by atoms with Gasteiger partial charge in [-0.3, -0.25) is 4.79 Å². The summed E-state index contributed by atoms with van der Waals surface area (Å²) in [5.74, 6) is -0.620. The van der Waals surface area contributed by atoms with Crippen LogP contribution in [0.1, 0.15) is 12.8 Å². The maximum absolute atomic E-state index is 11.9. The highest BCUT2D eigenvalue weighted by atomic mass is 16.4. The number of phenols is 1. The second-order valence-corrected chi connectivity index (χ2v) is 5.22. The smallest absolute Gasteiger partial charge is 0.317 e. The Morgan fingerprint density at radius 2 is 1.91 bits per heavy atom. The van der Waals surface area contributed by atoms with E-state index in [2.05, 4.69) is 10.2 Å². The number of carbonyl (C=O) groups is 2. The first-order valence-electron chi connectivity index (χ1n) is 7.35. The van der Waals surface area contributed by atoms with Crippen LogP contribution in [0, 0.1) is 0 Å². The zero-order valence-electron chi connectivity index (χ0n) is 12.4. The summed E-state index contributed by atoms with van der Waals surface area (Å²) in [5, 5.41) is 20.8. The second-order valence-electron chi connectivity index (χ2n) is 5.22. The molecule has 3 N–H and O–H groups in total. The Hall–Kier alpha value is -2.44. The minimum Gasteiger partial charge on any atom is -0.508 e. The number of carbonyl (C=O) groups excluding carboxylic acids is 1. The molecule has 0 atom stereocenters. The molecule has 0 unspecified atom stereocenters. The molecule has 7 nitrogen and oxygen atoms in total. The van der Waals surface area contributed by atoms with Crippen LogP contribution in [0.2, 0.25) is 0 Å². The minimum atomic E-state index is -0.853. The van der Waals surface area contributed by atoms with Gasteiger partial charge in [-0.25, -0.2) is 4.79 Å². The fourth-order valence-corrected chi connectivity index (χ4v) is 2.40. The first-order chi connectivity index (χ1) is 10.6. The number of rotatable bonds is 5. The Kier molecular flexibility index (Phi) is 5.46. The van der Waals surface area contributed by atoms with E-state index in [0.717, 1.165) is 5.69 Å². The van der Waals surface area contributed by atoms with E-state index in [4.69, 9.17) is 5.11 Å². The number of aliphatic carboxylic acids is 1. The van der Waals surface area contributed by atoms with Crippen molar-refractivity contribution in [3.8, 4) is 5.75 Å².